The van der Waals surface area contributed by atoms with Gasteiger partial charge in [-0.15, -0.1) is 11.3 Å². The zero-order valence-corrected chi connectivity index (χ0v) is 15.9. The molecule has 0 saturated heterocycles. The molecule has 1 aromatic carbocycles. The number of thiazole rings is 1. The molecule has 0 aliphatic heterocycles. The molecular formula is C19H15ClN2O4S. The Morgan fingerprint density at radius 1 is 1.33 bits per heavy atom. The molecule has 0 radical (unpaired) electrons. The summed E-state index contributed by atoms with van der Waals surface area (Å²) < 4.78 is 10.3. The molecular weight excluding hydrogens is 388 g/mol. The van der Waals surface area contributed by atoms with Crippen molar-refractivity contribution >= 4 is 51.7 Å². The van der Waals surface area contributed by atoms with E-state index in [1.165, 1.54) is 41.6 Å². The first-order valence-corrected chi connectivity index (χ1v) is 9.17. The maximum atomic E-state index is 12.1. The second-order valence-corrected chi connectivity index (χ2v) is 6.69. The Bertz CT molecular complexity index is 966. The lowest BCUT2D eigenvalue weighted by Crippen LogP contribution is -2.22. The van der Waals surface area contributed by atoms with Crippen molar-refractivity contribution in [3.05, 3.63) is 70.6 Å². The smallest absolute Gasteiger partial charge is 0.331 e. The van der Waals surface area contributed by atoms with Crippen LogP contribution in [0.5, 0.6) is 0 Å². The number of ether oxygens (including phenoxy) is 1. The van der Waals surface area contributed by atoms with E-state index in [0.717, 1.165) is 0 Å². The summed E-state index contributed by atoms with van der Waals surface area (Å²) >= 11 is 7.29. The molecule has 0 fully saturated rings. The molecule has 0 N–H and O–H groups in total. The van der Waals surface area contributed by atoms with Crippen LogP contribution in [0.25, 0.3) is 6.08 Å². The highest BCUT2D eigenvalue weighted by atomic mass is 35.5. The van der Waals surface area contributed by atoms with Crippen LogP contribution in [0.4, 0.5) is 10.8 Å². The number of halogens is 1. The SMILES string of the molecule is CC(=O)N(c1cccc(Cl)c1)c1nc(COC(=O)/C=C/c2ccco2)cs1. The van der Waals surface area contributed by atoms with E-state index in [9.17, 15) is 9.59 Å². The molecule has 0 aliphatic rings. The number of rotatable bonds is 6. The van der Waals surface area contributed by atoms with E-state index in [2.05, 4.69) is 4.98 Å². The van der Waals surface area contributed by atoms with Gasteiger partial charge in [-0.25, -0.2) is 9.78 Å². The number of furan rings is 1. The fraction of sp³-hybridized carbons (Fsp3) is 0.105. The van der Waals surface area contributed by atoms with Crippen molar-refractivity contribution < 1.29 is 18.7 Å². The molecule has 2 aromatic heterocycles. The molecule has 2 heterocycles. The number of carbonyl (C=O) groups is 2. The summed E-state index contributed by atoms with van der Waals surface area (Å²) in [7, 11) is 0. The standard InChI is InChI=1S/C19H15ClN2O4S/c1-13(23)22(16-5-2-4-14(20)10-16)19-21-15(12-27-19)11-26-18(24)8-7-17-6-3-9-25-17/h2-10,12H,11H2,1H3/b8-7+. The quantitative estimate of drug-likeness (QED) is 0.436. The number of aromatic nitrogens is 1. The van der Waals surface area contributed by atoms with Gasteiger partial charge >= 0.3 is 5.97 Å². The van der Waals surface area contributed by atoms with E-state index in [-0.39, 0.29) is 12.5 Å². The first-order chi connectivity index (χ1) is 13.0. The van der Waals surface area contributed by atoms with Crippen LogP contribution in [-0.4, -0.2) is 16.9 Å². The van der Waals surface area contributed by atoms with Crippen LogP contribution in [0, 0.1) is 0 Å². The second-order valence-electron chi connectivity index (χ2n) is 5.41. The van der Waals surface area contributed by atoms with Gasteiger partial charge in [0.05, 0.1) is 17.6 Å². The lowest BCUT2D eigenvalue weighted by atomic mass is 10.3. The molecule has 3 aromatic rings. The summed E-state index contributed by atoms with van der Waals surface area (Å²) in [6.45, 7) is 1.44. The third-order valence-corrected chi connectivity index (χ3v) is 4.51. The van der Waals surface area contributed by atoms with Crippen LogP contribution in [0.15, 0.2) is 58.5 Å². The third-order valence-electron chi connectivity index (χ3n) is 3.40. The summed E-state index contributed by atoms with van der Waals surface area (Å²) in [5.41, 5.74) is 1.16. The number of amides is 1. The summed E-state index contributed by atoms with van der Waals surface area (Å²) in [6, 6.07) is 10.4. The largest absolute Gasteiger partial charge is 0.465 e. The molecule has 0 spiro atoms. The number of nitrogens with zero attached hydrogens (tertiary/aromatic N) is 2. The molecule has 8 heteroatoms. The highest BCUT2D eigenvalue weighted by molar-refractivity contribution is 7.14. The molecule has 0 atom stereocenters. The lowest BCUT2D eigenvalue weighted by Gasteiger charge is -2.18. The predicted octanol–water partition coefficient (Wildman–Crippen LogP) is 4.83. The summed E-state index contributed by atoms with van der Waals surface area (Å²) in [5.74, 6) is -0.155. The van der Waals surface area contributed by atoms with Crippen molar-refractivity contribution in [3.8, 4) is 0 Å². The van der Waals surface area contributed by atoms with Gasteiger partial charge in [-0.2, -0.15) is 0 Å². The van der Waals surface area contributed by atoms with Gasteiger partial charge in [0.1, 0.15) is 12.4 Å². The van der Waals surface area contributed by atoms with Crippen LogP contribution in [-0.2, 0) is 20.9 Å². The van der Waals surface area contributed by atoms with E-state index in [1.54, 1.807) is 41.8 Å². The normalized spacial score (nSPS) is 10.9. The van der Waals surface area contributed by atoms with Crippen LogP contribution in [0.1, 0.15) is 18.4 Å². The second kappa shape index (κ2) is 8.66. The zero-order valence-electron chi connectivity index (χ0n) is 14.3. The first kappa shape index (κ1) is 18.9. The van der Waals surface area contributed by atoms with E-state index in [4.69, 9.17) is 20.8 Å². The van der Waals surface area contributed by atoms with Crippen LogP contribution in [0.2, 0.25) is 5.02 Å². The first-order valence-electron chi connectivity index (χ1n) is 7.92. The number of benzene rings is 1. The highest BCUT2D eigenvalue weighted by Crippen LogP contribution is 2.30. The predicted molar refractivity (Wildman–Crippen MR) is 104 cm³/mol. The van der Waals surface area contributed by atoms with Crippen molar-refractivity contribution in [2.24, 2.45) is 0 Å². The Kier molecular flexibility index (Phi) is 6.05. The summed E-state index contributed by atoms with van der Waals surface area (Å²) in [4.78, 5) is 29.7. The van der Waals surface area contributed by atoms with Gasteiger partial charge < -0.3 is 9.15 Å². The van der Waals surface area contributed by atoms with Crippen molar-refractivity contribution in [1.29, 1.82) is 0 Å². The Labute approximate surface area is 164 Å². The maximum Gasteiger partial charge on any atom is 0.331 e. The summed E-state index contributed by atoms with van der Waals surface area (Å²) in [5, 5.41) is 2.73. The van der Waals surface area contributed by atoms with Gasteiger partial charge in [0, 0.05) is 23.4 Å². The Morgan fingerprint density at radius 3 is 2.89 bits per heavy atom. The minimum atomic E-state index is -0.515. The van der Waals surface area contributed by atoms with Crippen LogP contribution >= 0.6 is 22.9 Å². The minimum Gasteiger partial charge on any atom is -0.465 e. The topological polar surface area (TPSA) is 72.6 Å². The Morgan fingerprint density at radius 2 is 2.19 bits per heavy atom. The van der Waals surface area contributed by atoms with Gasteiger partial charge in [0.25, 0.3) is 0 Å². The van der Waals surface area contributed by atoms with E-state index in [1.807, 2.05) is 0 Å². The fourth-order valence-corrected chi connectivity index (χ4v) is 3.29. The average molecular weight is 403 g/mol. The van der Waals surface area contributed by atoms with E-state index >= 15 is 0 Å². The lowest BCUT2D eigenvalue weighted by molar-refractivity contribution is -0.139. The summed E-state index contributed by atoms with van der Waals surface area (Å²) in [6.07, 6.45) is 4.31. The molecule has 138 valence electrons. The van der Waals surface area contributed by atoms with Gasteiger partial charge in [0.15, 0.2) is 5.13 Å². The van der Waals surface area contributed by atoms with Gasteiger partial charge in [0.2, 0.25) is 5.91 Å². The molecule has 0 bridgehead atoms. The Hall–Kier alpha value is -2.90. The van der Waals surface area contributed by atoms with Gasteiger partial charge in [-0.05, 0) is 36.4 Å². The monoisotopic (exact) mass is 402 g/mol. The maximum absolute atomic E-state index is 12.1. The minimum absolute atomic E-state index is 0.000874. The number of hydrogen-bond acceptors (Lipinski definition) is 6. The number of carbonyl (C=O) groups excluding carboxylic acids is 2. The zero-order chi connectivity index (χ0) is 19.2. The van der Waals surface area contributed by atoms with Crippen molar-refractivity contribution in [3.63, 3.8) is 0 Å². The van der Waals surface area contributed by atoms with Crippen LogP contribution in [0.3, 0.4) is 0 Å². The molecule has 0 unspecified atom stereocenters. The Balaban J connectivity index is 1.66. The number of hydrogen-bond donors (Lipinski definition) is 0. The van der Waals surface area contributed by atoms with E-state index < -0.39 is 5.97 Å². The molecule has 27 heavy (non-hydrogen) atoms. The third kappa shape index (κ3) is 5.06. The molecule has 6 nitrogen and oxygen atoms in total. The van der Waals surface area contributed by atoms with E-state index in [0.29, 0.717) is 27.3 Å². The fourth-order valence-electron chi connectivity index (χ4n) is 2.24. The molecule has 1 amide bonds. The average Bonchev–Trinajstić information content (AvgIpc) is 3.30. The van der Waals surface area contributed by atoms with Gasteiger partial charge in [-0.3, -0.25) is 9.69 Å². The van der Waals surface area contributed by atoms with Crippen LogP contribution < -0.4 is 4.90 Å². The number of esters is 1. The van der Waals surface area contributed by atoms with Gasteiger partial charge in [-0.1, -0.05) is 17.7 Å². The molecule has 3 rings (SSSR count). The van der Waals surface area contributed by atoms with Crippen molar-refractivity contribution in [2.45, 2.75) is 13.5 Å². The van der Waals surface area contributed by atoms with Crippen molar-refractivity contribution in [2.75, 3.05) is 4.90 Å². The molecule has 0 saturated carbocycles. The highest BCUT2D eigenvalue weighted by Gasteiger charge is 2.18. The van der Waals surface area contributed by atoms with Crippen molar-refractivity contribution in [1.82, 2.24) is 4.98 Å². The number of anilines is 2. The molecule has 0 aliphatic carbocycles.